The Bertz CT molecular complexity index is 1020. The van der Waals surface area contributed by atoms with Crippen molar-refractivity contribution < 1.29 is 14.3 Å². The molecule has 3 heterocycles. The normalized spacial score (nSPS) is 23.0. The van der Waals surface area contributed by atoms with Gasteiger partial charge < -0.3 is 14.9 Å². The molecule has 2 aliphatic heterocycles. The Morgan fingerprint density at radius 2 is 1.82 bits per heavy atom. The van der Waals surface area contributed by atoms with Gasteiger partial charge in [-0.25, -0.2) is 14.4 Å². The zero-order valence-corrected chi connectivity index (χ0v) is 20.7. The molecule has 2 aliphatic rings. The summed E-state index contributed by atoms with van der Waals surface area (Å²) >= 11 is 0. The number of likely N-dealkylation sites (N-methyl/N-ethyl adjacent to an activating group) is 1. The molecular weight excluding hydrogens is 433 g/mol. The van der Waals surface area contributed by atoms with Gasteiger partial charge in [0.1, 0.15) is 17.3 Å². The lowest BCUT2D eigenvalue weighted by Gasteiger charge is -2.36. The highest BCUT2D eigenvalue weighted by Crippen LogP contribution is 2.33. The molecule has 0 bridgehead atoms. The van der Waals surface area contributed by atoms with Gasteiger partial charge in [0.05, 0.1) is 12.1 Å². The van der Waals surface area contributed by atoms with Gasteiger partial charge in [-0.1, -0.05) is 19.1 Å². The Balaban J connectivity index is 1.42. The summed E-state index contributed by atoms with van der Waals surface area (Å²) in [5, 5.41) is 11.2. The number of hydrogen-bond acceptors (Lipinski definition) is 6. The van der Waals surface area contributed by atoms with Gasteiger partial charge in [0, 0.05) is 30.7 Å². The largest absolute Gasteiger partial charge is 0.387 e. The second-order valence-electron chi connectivity index (χ2n) is 10.6. The molecule has 0 aliphatic carbocycles. The van der Waals surface area contributed by atoms with Crippen LogP contribution in [-0.2, 0) is 12.0 Å². The molecule has 2 aromatic rings. The number of β-amino-alcohol motifs (C(OH)–C–C–N with tert-alkyl or cyclic N) is 1. The van der Waals surface area contributed by atoms with E-state index in [9.17, 15) is 14.3 Å². The minimum atomic E-state index is -0.991. The third-order valence-corrected chi connectivity index (χ3v) is 7.25. The van der Waals surface area contributed by atoms with E-state index in [-0.39, 0.29) is 23.7 Å². The summed E-state index contributed by atoms with van der Waals surface area (Å²) in [6, 6.07) is 8.14. The van der Waals surface area contributed by atoms with Gasteiger partial charge in [-0.05, 0) is 77.1 Å². The molecule has 0 radical (unpaired) electrons. The van der Waals surface area contributed by atoms with Crippen molar-refractivity contribution in [2.24, 2.45) is 0 Å². The molecular formula is C26H36FN5O2. The van der Waals surface area contributed by atoms with Gasteiger partial charge in [-0.2, -0.15) is 0 Å². The average Bonchev–Trinajstić information content (AvgIpc) is 3.18. The highest BCUT2D eigenvalue weighted by molar-refractivity contribution is 5.92. The van der Waals surface area contributed by atoms with Crippen LogP contribution in [0.4, 0.5) is 4.39 Å². The second kappa shape index (κ2) is 9.68. The third-order valence-electron chi connectivity index (χ3n) is 7.25. The number of halogens is 1. The number of aromatic nitrogens is 2. The number of piperidine rings is 1. The molecule has 2 fully saturated rings. The van der Waals surface area contributed by atoms with Crippen molar-refractivity contribution in [3.63, 3.8) is 0 Å². The van der Waals surface area contributed by atoms with Gasteiger partial charge in [0.2, 0.25) is 0 Å². The molecule has 0 spiro atoms. The Morgan fingerprint density at radius 1 is 1.15 bits per heavy atom. The number of nitrogens with zero attached hydrogens (tertiary/aromatic N) is 5. The van der Waals surface area contributed by atoms with Crippen LogP contribution in [0.5, 0.6) is 0 Å². The SMILES string of the molecule is Cc1cc(C(=O)N2CCC(O)(CN(C)Cc3ccc(F)cc3)C2)nc(C2(C)CCN(C)CC2)n1. The second-order valence-corrected chi connectivity index (χ2v) is 10.6. The van der Waals surface area contributed by atoms with E-state index >= 15 is 0 Å². The van der Waals surface area contributed by atoms with Crippen LogP contribution >= 0.6 is 0 Å². The van der Waals surface area contributed by atoms with E-state index in [1.165, 1.54) is 12.1 Å². The van der Waals surface area contributed by atoms with E-state index in [2.05, 4.69) is 18.9 Å². The maximum Gasteiger partial charge on any atom is 0.272 e. The summed E-state index contributed by atoms with van der Waals surface area (Å²) in [6.45, 7) is 7.84. The first-order chi connectivity index (χ1) is 16.1. The van der Waals surface area contributed by atoms with Crippen LogP contribution in [0.3, 0.4) is 0 Å². The molecule has 1 unspecified atom stereocenters. The summed E-state index contributed by atoms with van der Waals surface area (Å²) in [6.07, 6.45) is 2.43. The molecule has 1 atom stereocenters. The Hall–Kier alpha value is -2.42. The monoisotopic (exact) mass is 469 g/mol. The molecule has 1 N–H and O–H groups in total. The first kappa shape index (κ1) is 24.7. The van der Waals surface area contributed by atoms with Crippen LogP contribution in [0.2, 0.25) is 0 Å². The number of aliphatic hydroxyl groups is 1. The fourth-order valence-corrected chi connectivity index (χ4v) is 5.06. The molecule has 1 aromatic carbocycles. The van der Waals surface area contributed by atoms with Gasteiger partial charge in [-0.3, -0.25) is 9.69 Å². The zero-order valence-electron chi connectivity index (χ0n) is 20.7. The predicted molar refractivity (Wildman–Crippen MR) is 129 cm³/mol. The highest BCUT2D eigenvalue weighted by Gasteiger charge is 2.40. The maximum atomic E-state index is 13.4. The van der Waals surface area contributed by atoms with E-state index in [0.717, 1.165) is 43.0 Å². The Labute approximate surface area is 201 Å². The molecule has 1 amide bonds. The van der Waals surface area contributed by atoms with Gasteiger partial charge >= 0.3 is 0 Å². The molecule has 2 saturated heterocycles. The first-order valence-corrected chi connectivity index (χ1v) is 12.0. The lowest BCUT2D eigenvalue weighted by molar-refractivity contribution is 0.0163. The summed E-state index contributed by atoms with van der Waals surface area (Å²) in [7, 11) is 4.05. The molecule has 0 saturated carbocycles. The lowest BCUT2D eigenvalue weighted by Crippen LogP contribution is -2.44. The minimum Gasteiger partial charge on any atom is -0.387 e. The van der Waals surface area contributed by atoms with E-state index in [1.807, 2.05) is 18.9 Å². The number of aryl methyl sites for hydroxylation is 1. The van der Waals surface area contributed by atoms with Gasteiger partial charge in [-0.15, -0.1) is 0 Å². The zero-order chi connectivity index (χ0) is 24.5. The number of carbonyl (C=O) groups excluding carboxylic acids is 1. The highest BCUT2D eigenvalue weighted by atomic mass is 19.1. The average molecular weight is 470 g/mol. The molecule has 1 aromatic heterocycles. The Kier molecular flexibility index (Phi) is 7.03. The minimum absolute atomic E-state index is 0.137. The van der Waals surface area contributed by atoms with Crippen molar-refractivity contribution in [2.45, 2.75) is 50.7 Å². The number of likely N-dealkylation sites (tertiary alicyclic amines) is 2. The molecule has 7 nitrogen and oxygen atoms in total. The fraction of sp³-hybridized carbons (Fsp3) is 0.577. The van der Waals surface area contributed by atoms with Gasteiger partial charge in [0.15, 0.2) is 0 Å². The number of rotatable bonds is 6. The smallest absolute Gasteiger partial charge is 0.272 e. The van der Waals surface area contributed by atoms with E-state index in [1.54, 1.807) is 23.1 Å². The van der Waals surface area contributed by atoms with Crippen molar-refractivity contribution in [1.29, 1.82) is 0 Å². The van der Waals surface area contributed by atoms with Crippen LogP contribution < -0.4 is 0 Å². The van der Waals surface area contributed by atoms with E-state index < -0.39 is 5.60 Å². The van der Waals surface area contributed by atoms with Crippen LogP contribution in [-0.4, -0.2) is 88.1 Å². The number of benzene rings is 1. The summed E-state index contributed by atoms with van der Waals surface area (Å²) < 4.78 is 13.2. The summed E-state index contributed by atoms with van der Waals surface area (Å²) in [4.78, 5) is 28.8. The predicted octanol–water partition coefficient (Wildman–Crippen LogP) is 2.62. The topological polar surface area (TPSA) is 72.8 Å². The summed E-state index contributed by atoms with van der Waals surface area (Å²) in [5.74, 6) is 0.334. The van der Waals surface area contributed by atoms with E-state index in [0.29, 0.717) is 31.7 Å². The van der Waals surface area contributed by atoms with Crippen molar-refractivity contribution in [2.75, 3.05) is 46.8 Å². The number of hydrogen-bond donors (Lipinski definition) is 1. The number of amides is 1. The molecule has 34 heavy (non-hydrogen) atoms. The quantitative estimate of drug-likeness (QED) is 0.701. The lowest BCUT2D eigenvalue weighted by atomic mass is 9.79. The fourth-order valence-electron chi connectivity index (χ4n) is 5.06. The standard InChI is InChI=1S/C26H36FN5O2/c1-19-15-22(29-24(28-19)25(2)9-12-30(3)13-10-25)23(33)32-14-11-26(34,18-32)17-31(4)16-20-5-7-21(27)8-6-20/h5-8,15,34H,9-14,16-18H2,1-4H3. The molecule has 184 valence electrons. The third kappa shape index (κ3) is 5.62. The van der Waals surface area contributed by atoms with Crippen LogP contribution in [0.15, 0.2) is 30.3 Å². The van der Waals surface area contributed by atoms with Crippen LogP contribution in [0, 0.1) is 12.7 Å². The van der Waals surface area contributed by atoms with Crippen molar-refractivity contribution in [1.82, 2.24) is 24.7 Å². The summed E-state index contributed by atoms with van der Waals surface area (Å²) in [5.41, 5.74) is 1.05. The van der Waals surface area contributed by atoms with Crippen molar-refractivity contribution in [3.8, 4) is 0 Å². The number of carbonyl (C=O) groups is 1. The van der Waals surface area contributed by atoms with Crippen LogP contribution in [0.1, 0.15) is 53.8 Å². The first-order valence-electron chi connectivity index (χ1n) is 12.0. The van der Waals surface area contributed by atoms with Crippen molar-refractivity contribution in [3.05, 3.63) is 58.9 Å². The molecule has 4 rings (SSSR count). The maximum absolute atomic E-state index is 13.4. The Morgan fingerprint density at radius 3 is 2.50 bits per heavy atom. The molecule has 8 heteroatoms. The van der Waals surface area contributed by atoms with E-state index in [4.69, 9.17) is 9.97 Å². The van der Waals surface area contributed by atoms with Crippen molar-refractivity contribution >= 4 is 5.91 Å². The van der Waals surface area contributed by atoms with Crippen LogP contribution in [0.25, 0.3) is 0 Å². The van der Waals surface area contributed by atoms with Gasteiger partial charge in [0.25, 0.3) is 5.91 Å².